The molecule has 5 heteroatoms. The lowest BCUT2D eigenvalue weighted by molar-refractivity contribution is 0.557. The Hall–Kier alpha value is -1.36. The Morgan fingerprint density at radius 2 is 1.88 bits per heavy atom. The predicted molar refractivity (Wildman–Crippen MR) is 71.8 cm³/mol. The highest BCUT2D eigenvalue weighted by Gasteiger charge is 2.13. The van der Waals surface area contributed by atoms with Gasteiger partial charge in [-0.15, -0.1) is 0 Å². The van der Waals surface area contributed by atoms with E-state index in [9.17, 15) is 0 Å². The second kappa shape index (κ2) is 6.39. The molecule has 0 radical (unpaired) electrons. The molecule has 0 aliphatic rings. The number of nitrogens with one attached hydrogen (secondary N) is 2. The van der Waals surface area contributed by atoms with Gasteiger partial charge in [0.2, 0.25) is 0 Å². The quantitative estimate of drug-likeness (QED) is 0.522. The van der Waals surface area contributed by atoms with Gasteiger partial charge in [-0.05, 0) is 19.3 Å². The van der Waals surface area contributed by atoms with Gasteiger partial charge in [-0.1, -0.05) is 27.2 Å². The number of hydrogen-bond donors (Lipinski definition) is 3. The smallest absolute Gasteiger partial charge is 0.148 e. The van der Waals surface area contributed by atoms with E-state index in [0.29, 0.717) is 17.8 Å². The van der Waals surface area contributed by atoms with E-state index in [1.165, 1.54) is 6.33 Å². The molecule has 1 heterocycles. The van der Waals surface area contributed by atoms with Crippen molar-refractivity contribution in [1.29, 1.82) is 0 Å². The van der Waals surface area contributed by atoms with Crippen molar-refractivity contribution < 1.29 is 0 Å². The molecule has 0 aliphatic carbocycles. The molecule has 0 aromatic carbocycles. The minimum absolute atomic E-state index is 0.367. The number of rotatable bonds is 6. The summed E-state index contributed by atoms with van der Waals surface area (Å²) in [5.41, 5.74) is 3.69. The van der Waals surface area contributed by atoms with Gasteiger partial charge in [0.25, 0.3) is 0 Å². The van der Waals surface area contributed by atoms with Crippen molar-refractivity contribution in [1.82, 2.24) is 9.97 Å². The van der Waals surface area contributed by atoms with Crippen LogP contribution in [0.4, 0.5) is 11.6 Å². The third-order valence-electron chi connectivity index (χ3n) is 2.95. The van der Waals surface area contributed by atoms with Crippen molar-refractivity contribution in [3.8, 4) is 0 Å². The van der Waals surface area contributed by atoms with Gasteiger partial charge in [0, 0.05) is 11.6 Å². The van der Waals surface area contributed by atoms with Crippen LogP contribution in [0.3, 0.4) is 0 Å². The fraction of sp³-hybridized carbons (Fsp3) is 0.667. The zero-order valence-electron chi connectivity index (χ0n) is 11.1. The molecule has 5 nitrogen and oxygen atoms in total. The summed E-state index contributed by atoms with van der Waals surface area (Å²) < 4.78 is 0. The fourth-order valence-corrected chi connectivity index (χ4v) is 1.53. The normalized spacial score (nSPS) is 12.6. The molecular formula is C12H23N5. The van der Waals surface area contributed by atoms with Crippen LogP contribution in [0.25, 0.3) is 0 Å². The Bertz CT molecular complexity index is 351. The predicted octanol–water partition coefficient (Wildman–Crippen LogP) is 2.17. The number of nitrogens with zero attached hydrogens (tertiary/aromatic N) is 2. The van der Waals surface area contributed by atoms with Crippen molar-refractivity contribution in [2.75, 3.05) is 10.7 Å². The average molecular weight is 237 g/mol. The Morgan fingerprint density at radius 3 is 2.41 bits per heavy atom. The molecule has 17 heavy (non-hydrogen) atoms. The lowest BCUT2D eigenvalue weighted by Gasteiger charge is -2.20. The molecule has 1 aromatic rings. The van der Waals surface area contributed by atoms with Crippen LogP contribution in [-0.4, -0.2) is 16.0 Å². The molecule has 1 atom stereocenters. The molecule has 0 fully saturated rings. The van der Waals surface area contributed by atoms with Crippen LogP contribution in [0.2, 0.25) is 0 Å². The summed E-state index contributed by atoms with van der Waals surface area (Å²) in [4.78, 5) is 8.45. The zero-order valence-corrected chi connectivity index (χ0v) is 11.1. The highest BCUT2D eigenvalue weighted by Crippen LogP contribution is 2.22. The molecule has 0 aliphatic heterocycles. The van der Waals surface area contributed by atoms with E-state index in [1.807, 2.05) is 0 Å². The van der Waals surface area contributed by atoms with E-state index in [0.717, 1.165) is 24.2 Å². The van der Waals surface area contributed by atoms with Crippen LogP contribution in [0.15, 0.2) is 6.33 Å². The fourth-order valence-electron chi connectivity index (χ4n) is 1.53. The topological polar surface area (TPSA) is 75.9 Å². The van der Waals surface area contributed by atoms with Crippen molar-refractivity contribution in [3.63, 3.8) is 0 Å². The van der Waals surface area contributed by atoms with Gasteiger partial charge in [0.15, 0.2) is 0 Å². The van der Waals surface area contributed by atoms with Crippen LogP contribution < -0.4 is 16.6 Å². The summed E-state index contributed by atoms with van der Waals surface area (Å²) in [6.07, 6.45) is 3.48. The van der Waals surface area contributed by atoms with Crippen LogP contribution in [-0.2, 0) is 6.42 Å². The number of hydrogen-bond acceptors (Lipinski definition) is 5. The zero-order chi connectivity index (χ0) is 12.8. The van der Waals surface area contributed by atoms with Crippen LogP contribution >= 0.6 is 0 Å². The first-order valence-electron chi connectivity index (χ1n) is 6.17. The van der Waals surface area contributed by atoms with Gasteiger partial charge in [-0.3, -0.25) is 0 Å². The first-order valence-corrected chi connectivity index (χ1v) is 6.17. The summed E-state index contributed by atoms with van der Waals surface area (Å²) in [6, 6.07) is 0.367. The van der Waals surface area contributed by atoms with Gasteiger partial charge < -0.3 is 10.7 Å². The lowest BCUT2D eigenvalue weighted by atomic mass is 10.1. The molecule has 0 bridgehead atoms. The largest absolute Gasteiger partial charge is 0.367 e. The molecule has 4 N–H and O–H groups in total. The van der Waals surface area contributed by atoms with Crippen molar-refractivity contribution in [3.05, 3.63) is 11.9 Å². The van der Waals surface area contributed by atoms with Crippen molar-refractivity contribution in [2.45, 2.75) is 46.6 Å². The van der Waals surface area contributed by atoms with E-state index in [2.05, 4.69) is 48.4 Å². The third-order valence-corrected chi connectivity index (χ3v) is 2.95. The molecule has 1 unspecified atom stereocenters. The molecule has 0 saturated carbocycles. The highest BCUT2D eigenvalue weighted by molar-refractivity contribution is 5.57. The van der Waals surface area contributed by atoms with Crippen LogP contribution in [0.5, 0.6) is 0 Å². The van der Waals surface area contributed by atoms with Gasteiger partial charge in [-0.25, -0.2) is 15.8 Å². The maximum Gasteiger partial charge on any atom is 0.148 e. The Balaban J connectivity index is 2.97. The number of aromatic nitrogens is 2. The Morgan fingerprint density at radius 1 is 1.24 bits per heavy atom. The monoisotopic (exact) mass is 237 g/mol. The number of hydrazine groups is 1. The van der Waals surface area contributed by atoms with E-state index in [1.54, 1.807) is 0 Å². The minimum Gasteiger partial charge on any atom is -0.367 e. The summed E-state index contributed by atoms with van der Waals surface area (Å²) in [5.74, 6) is 7.62. The van der Waals surface area contributed by atoms with Gasteiger partial charge in [0.05, 0.1) is 0 Å². The van der Waals surface area contributed by atoms with Crippen LogP contribution in [0, 0.1) is 5.92 Å². The summed E-state index contributed by atoms with van der Waals surface area (Å²) >= 11 is 0. The van der Waals surface area contributed by atoms with E-state index in [-0.39, 0.29) is 0 Å². The highest BCUT2D eigenvalue weighted by atomic mass is 15.3. The molecule has 0 amide bonds. The Labute approximate surface area is 103 Å². The van der Waals surface area contributed by atoms with E-state index < -0.39 is 0 Å². The number of anilines is 2. The van der Waals surface area contributed by atoms with Gasteiger partial charge in [-0.2, -0.15) is 0 Å². The lowest BCUT2D eigenvalue weighted by Crippen LogP contribution is -2.24. The molecular weight excluding hydrogens is 214 g/mol. The van der Waals surface area contributed by atoms with E-state index >= 15 is 0 Å². The second-order valence-corrected chi connectivity index (χ2v) is 4.62. The first kappa shape index (κ1) is 13.7. The minimum atomic E-state index is 0.367. The van der Waals surface area contributed by atoms with Gasteiger partial charge >= 0.3 is 0 Å². The second-order valence-electron chi connectivity index (χ2n) is 4.62. The molecule has 96 valence electrons. The first-order chi connectivity index (χ1) is 8.10. The van der Waals surface area contributed by atoms with Gasteiger partial charge in [0.1, 0.15) is 18.0 Å². The third kappa shape index (κ3) is 3.56. The molecule has 1 rings (SSSR count). The standard InChI is InChI=1S/C12H23N5/c1-5-6-10-11(16-9(4)8(2)3)14-7-15-12(10)17-13/h7-9H,5-6,13H2,1-4H3,(H2,14,15,16,17). The van der Waals surface area contributed by atoms with Crippen LogP contribution in [0.1, 0.15) is 39.7 Å². The van der Waals surface area contributed by atoms with Crippen molar-refractivity contribution in [2.24, 2.45) is 11.8 Å². The molecule has 0 spiro atoms. The maximum atomic E-state index is 5.47. The average Bonchev–Trinajstić information content (AvgIpc) is 2.31. The SMILES string of the molecule is CCCc1c(NN)ncnc1NC(C)C(C)C. The van der Waals surface area contributed by atoms with Crippen molar-refractivity contribution >= 4 is 11.6 Å². The number of nitrogen functional groups attached to an aromatic ring is 1. The maximum absolute atomic E-state index is 5.47. The summed E-state index contributed by atoms with van der Waals surface area (Å²) in [6.45, 7) is 8.64. The summed E-state index contributed by atoms with van der Waals surface area (Å²) in [5, 5.41) is 3.42. The molecule has 0 saturated heterocycles. The molecule has 1 aromatic heterocycles. The number of nitrogens with two attached hydrogens (primary N) is 1. The van der Waals surface area contributed by atoms with E-state index in [4.69, 9.17) is 5.84 Å². The summed E-state index contributed by atoms with van der Waals surface area (Å²) in [7, 11) is 0. The Kier molecular flexibility index (Phi) is 5.15.